The van der Waals surface area contributed by atoms with E-state index < -0.39 is 5.67 Å². The van der Waals surface area contributed by atoms with Crippen LogP contribution in [0.4, 0.5) is 4.39 Å². The van der Waals surface area contributed by atoms with Gasteiger partial charge in [-0.25, -0.2) is 4.39 Å². The van der Waals surface area contributed by atoms with Crippen LogP contribution in [0.5, 0.6) is 0 Å². The number of hydrogen-bond acceptors (Lipinski definition) is 2. The molecule has 14 heavy (non-hydrogen) atoms. The van der Waals surface area contributed by atoms with Crippen LogP contribution >= 0.6 is 0 Å². The summed E-state index contributed by atoms with van der Waals surface area (Å²) in [4.78, 5) is 0. The van der Waals surface area contributed by atoms with Crippen molar-refractivity contribution in [3.8, 4) is 0 Å². The van der Waals surface area contributed by atoms with Crippen molar-refractivity contribution in [1.29, 1.82) is 0 Å². The van der Waals surface area contributed by atoms with Gasteiger partial charge in [-0.2, -0.15) is 5.10 Å². The van der Waals surface area contributed by atoms with Crippen LogP contribution in [-0.4, -0.2) is 28.5 Å². The minimum atomic E-state index is -1.02. The smallest absolute Gasteiger partial charge is 0.117 e. The molecular weight excluding hydrogens is 181 g/mol. The summed E-state index contributed by atoms with van der Waals surface area (Å²) in [5.41, 5.74) is -0.0224. The van der Waals surface area contributed by atoms with Gasteiger partial charge in [0, 0.05) is 19.7 Å². The average Bonchev–Trinajstić information content (AvgIpc) is 2.51. The largest absolute Gasteiger partial charge is 0.316 e. The van der Waals surface area contributed by atoms with E-state index in [1.165, 1.54) is 0 Å². The average molecular weight is 197 g/mol. The van der Waals surface area contributed by atoms with Crippen LogP contribution in [0.1, 0.15) is 18.4 Å². The molecule has 0 aromatic carbocycles. The Morgan fingerprint density at radius 2 is 2.29 bits per heavy atom. The molecule has 0 amide bonds. The second-order valence-corrected chi connectivity index (χ2v) is 4.10. The monoisotopic (exact) mass is 197 g/mol. The second-order valence-electron chi connectivity index (χ2n) is 4.10. The normalized spacial score (nSPS) is 21.0. The Labute approximate surface area is 83.3 Å². The molecule has 0 bridgehead atoms. The summed E-state index contributed by atoms with van der Waals surface area (Å²) >= 11 is 0. The molecule has 1 fully saturated rings. The number of hydrogen-bond donors (Lipinski definition) is 1. The number of aromatic nitrogens is 2. The Balaban J connectivity index is 2.01. The Hall–Kier alpha value is -0.900. The molecule has 1 N–H and O–H groups in total. The number of rotatable bonds is 2. The summed E-state index contributed by atoms with van der Waals surface area (Å²) in [7, 11) is 1.86. The van der Waals surface area contributed by atoms with E-state index in [4.69, 9.17) is 0 Å². The molecule has 0 radical (unpaired) electrons. The van der Waals surface area contributed by atoms with Crippen LogP contribution in [0.15, 0.2) is 12.4 Å². The zero-order chi connectivity index (χ0) is 10.0. The molecule has 2 heterocycles. The fourth-order valence-corrected chi connectivity index (χ4v) is 1.98. The lowest BCUT2D eigenvalue weighted by atomic mass is 9.89. The molecule has 1 aliphatic rings. The van der Waals surface area contributed by atoms with Gasteiger partial charge in [-0.3, -0.25) is 4.68 Å². The van der Waals surface area contributed by atoms with E-state index in [1.54, 1.807) is 10.9 Å². The maximum atomic E-state index is 14.2. The van der Waals surface area contributed by atoms with Gasteiger partial charge < -0.3 is 5.32 Å². The van der Waals surface area contributed by atoms with E-state index in [-0.39, 0.29) is 0 Å². The number of nitrogens with zero attached hydrogens (tertiary/aromatic N) is 2. The molecule has 0 unspecified atom stereocenters. The minimum Gasteiger partial charge on any atom is -0.316 e. The number of aryl methyl sites for hydroxylation is 1. The first-order valence-corrected chi connectivity index (χ1v) is 5.05. The molecule has 0 spiro atoms. The van der Waals surface area contributed by atoms with Gasteiger partial charge in [-0.1, -0.05) is 0 Å². The fraction of sp³-hybridized carbons (Fsp3) is 0.700. The van der Waals surface area contributed by atoms with E-state index in [9.17, 15) is 4.39 Å². The zero-order valence-corrected chi connectivity index (χ0v) is 8.46. The molecule has 1 saturated heterocycles. The van der Waals surface area contributed by atoms with Gasteiger partial charge in [0.05, 0.1) is 6.20 Å². The summed E-state index contributed by atoms with van der Waals surface area (Å²) in [5, 5.41) is 7.22. The van der Waals surface area contributed by atoms with Crippen LogP contribution in [0.25, 0.3) is 0 Å². The van der Waals surface area contributed by atoms with E-state index in [0.29, 0.717) is 19.3 Å². The topological polar surface area (TPSA) is 29.9 Å². The van der Waals surface area contributed by atoms with Crippen LogP contribution in [-0.2, 0) is 13.5 Å². The highest BCUT2D eigenvalue weighted by Gasteiger charge is 2.31. The van der Waals surface area contributed by atoms with E-state index >= 15 is 0 Å². The Morgan fingerprint density at radius 1 is 1.57 bits per heavy atom. The number of nitrogens with one attached hydrogen (secondary N) is 1. The number of halogens is 1. The van der Waals surface area contributed by atoms with Crippen molar-refractivity contribution in [1.82, 2.24) is 15.1 Å². The van der Waals surface area contributed by atoms with Crippen LogP contribution in [0, 0.1) is 0 Å². The Kier molecular flexibility index (Phi) is 2.54. The van der Waals surface area contributed by atoms with Crippen molar-refractivity contribution < 1.29 is 4.39 Å². The molecule has 1 aliphatic heterocycles. The van der Waals surface area contributed by atoms with Gasteiger partial charge in [0.2, 0.25) is 0 Å². The highest BCUT2D eigenvalue weighted by atomic mass is 19.1. The highest BCUT2D eigenvalue weighted by molar-refractivity contribution is 5.09. The van der Waals surface area contributed by atoms with Crippen LogP contribution in [0.2, 0.25) is 0 Å². The quantitative estimate of drug-likeness (QED) is 0.768. The molecule has 1 aromatic heterocycles. The SMILES string of the molecule is Cn1cc(CC2(F)CCNCC2)cn1. The molecule has 3 nitrogen and oxygen atoms in total. The molecule has 4 heteroatoms. The first kappa shape index (κ1) is 9.65. The van der Waals surface area contributed by atoms with Gasteiger partial charge in [-0.15, -0.1) is 0 Å². The zero-order valence-electron chi connectivity index (χ0n) is 8.46. The summed E-state index contributed by atoms with van der Waals surface area (Å²) < 4.78 is 15.9. The van der Waals surface area contributed by atoms with Crippen molar-refractivity contribution in [3.63, 3.8) is 0 Å². The lowest BCUT2D eigenvalue weighted by Gasteiger charge is -2.29. The molecule has 78 valence electrons. The van der Waals surface area contributed by atoms with Crippen molar-refractivity contribution >= 4 is 0 Å². The third-order valence-electron chi connectivity index (χ3n) is 2.78. The minimum absolute atomic E-state index is 0.502. The molecule has 2 rings (SSSR count). The molecular formula is C10H16FN3. The van der Waals surface area contributed by atoms with Gasteiger partial charge in [0.15, 0.2) is 0 Å². The molecule has 1 aromatic rings. The number of piperidine rings is 1. The lowest BCUT2D eigenvalue weighted by Crippen LogP contribution is -2.40. The first-order valence-electron chi connectivity index (χ1n) is 5.05. The highest BCUT2D eigenvalue weighted by Crippen LogP contribution is 2.27. The van der Waals surface area contributed by atoms with E-state index in [0.717, 1.165) is 18.7 Å². The molecule has 0 atom stereocenters. The predicted octanol–water partition coefficient (Wildman–Crippen LogP) is 1.05. The van der Waals surface area contributed by atoms with Crippen molar-refractivity contribution in [2.45, 2.75) is 24.9 Å². The molecule has 0 aliphatic carbocycles. The van der Waals surface area contributed by atoms with Crippen molar-refractivity contribution in [3.05, 3.63) is 18.0 Å². The van der Waals surface area contributed by atoms with Gasteiger partial charge in [0.25, 0.3) is 0 Å². The predicted molar refractivity (Wildman–Crippen MR) is 52.9 cm³/mol. The standard InChI is InChI=1S/C10H16FN3/c1-14-8-9(7-13-14)6-10(11)2-4-12-5-3-10/h7-8,12H,2-6H2,1H3. The third kappa shape index (κ3) is 2.12. The van der Waals surface area contributed by atoms with Crippen LogP contribution in [0.3, 0.4) is 0 Å². The third-order valence-corrected chi connectivity index (χ3v) is 2.78. The molecule has 0 saturated carbocycles. The summed E-state index contributed by atoms with van der Waals surface area (Å²) in [5.74, 6) is 0. The van der Waals surface area contributed by atoms with Crippen LogP contribution < -0.4 is 5.32 Å². The summed E-state index contributed by atoms with van der Waals surface area (Å²) in [6.07, 6.45) is 5.37. The van der Waals surface area contributed by atoms with Gasteiger partial charge in [-0.05, 0) is 31.5 Å². The fourth-order valence-electron chi connectivity index (χ4n) is 1.98. The van der Waals surface area contributed by atoms with Gasteiger partial charge in [0.1, 0.15) is 5.67 Å². The Morgan fingerprint density at radius 3 is 2.86 bits per heavy atom. The lowest BCUT2D eigenvalue weighted by molar-refractivity contribution is 0.116. The summed E-state index contributed by atoms with van der Waals surface area (Å²) in [6, 6.07) is 0. The first-order chi connectivity index (χ1) is 6.68. The number of alkyl halides is 1. The van der Waals surface area contributed by atoms with Gasteiger partial charge >= 0.3 is 0 Å². The summed E-state index contributed by atoms with van der Waals surface area (Å²) in [6.45, 7) is 1.58. The van der Waals surface area contributed by atoms with Crippen molar-refractivity contribution in [2.75, 3.05) is 13.1 Å². The van der Waals surface area contributed by atoms with Crippen molar-refractivity contribution in [2.24, 2.45) is 7.05 Å². The maximum Gasteiger partial charge on any atom is 0.117 e. The second kappa shape index (κ2) is 3.69. The van der Waals surface area contributed by atoms with E-state index in [1.807, 2.05) is 13.2 Å². The maximum absolute atomic E-state index is 14.2. The Bertz CT molecular complexity index is 302. The van der Waals surface area contributed by atoms with E-state index in [2.05, 4.69) is 10.4 Å².